The first-order chi connectivity index (χ1) is 16.3. The lowest BCUT2D eigenvalue weighted by molar-refractivity contribution is 0.122. The lowest BCUT2D eigenvalue weighted by Gasteiger charge is -2.28. The van der Waals surface area contributed by atoms with Crippen LogP contribution in [-0.2, 0) is 0 Å². The normalized spacial score (nSPS) is 19.2. The smallest absolute Gasteiger partial charge is 0.238 e. The monoisotopic (exact) mass is 465 g/mol. The van der Waals surface area contributed by atoms with Crippen molar-refractivity contribution in [2.45, 2.75) is 84.5 Å². The zero-order valence-electron chi connectivity index (χ0n) is 20.4. The Morgan fingerprint density at radius 2 is 1.85 bits per heavy atom. The van der Waals surface area contributed by atoms with Gasteiger partial charge < -0.3 is 4.98 Å². The summed E-state index contributed by atoms with van der Waals surface area (Å²) < 4.78 is 27.0. The van der Waals surface area contributed by atoms with E-state index in [2.05, 4.69) is 55.0 Å². The van der Waals surface area contributed by atoms with E-state index in [0.29, 0.717) is 24.2 Å². The molecule has 1 fully saturated rings. The molecule has 0 saturated heterocycles. The van der Waals surface area contributed by atoms with Gasteiger partial charge in [-0.1, -0.05) is 13.8 Å². The van der Waals surface area contributed by atoms with E-state index < -0.39 is 6.43 Å². The van der Waals surface area contributed by atoms with Crippen LogP contribution in [0.2, 0.25) is 0 Å². The SMILES string of the molecule is Cc1c(-c2[nH]c3cnc(C4CCC(CCC(F)F)CC4)cc3c2C(C)C)cn2ncnc2c1C. The molecule has 7 heteroatoms. The first kappa shape index (κ1) is 22.9. The van der Waals surface area contributed by atoms with Crippen LogP contribution in [0.1, 0.15) is 86.6 Å². The molecule has 0 atom stereocenters. The Morgan fingerprint density at radius 1 is 1.09 bits per heavy atom. The molecule has 0 aliphatic heterocycles. The quantitative estimate of drug-likeness (QED) is 0.324. The van der Waals surface area contributed by atoms with Gasteiger partial charge >= 0.3 is 0 Å². The highest BCUT2D eigenvalue weighted by atomic mass is 19.3. The zero-order valence-corrected chi connectivity index (χ0v) is 20.4. The van der Waals surface area contributed by atoms with Crippen molar-refractivity contribution in [3.63, 3.8) is 0 Å². The number of rotatable bonds is 6. The van der Waals surface area contributed by atoms with E-state index >= 15 is 0 Å². The van der Waals surface area contributed by atoms with Crippen molar-refractivity contribution in [2.75, 3.05) is 0 Å². The van der Waals surface area contributed by atoms with Crippen molar-refractivity contribution in [3.8, 4) is 11.3 Å². The summed E-state index contributed by atoms with van der Waals surface area (Å²) in [5.74, 6) is 1.16. The molecule has 4 aromatic rings. The molecule has 4 heterocycles. The minimum atomic E-state index is -2.18. The Morgan fingerprint density at radius 3 is 2.56 bits per heavy atom. The molecular weight excluding hydrogens is 432 g/mol. The van der Waals surface area contributed by atoms with Crippen LogP contribution >= 0.6 is 0 Å². The number of aromatic nitrogens is 5. The average Bonchev–Trinajstić information content (AvgIpc) is 3.44. The number of hydrogen-bond acceptors (Lipinski definition) is 3. The van der Waals surface area contributed by atoms with E-state index in [9.17, 15) is 8.78 Å². The third-order valence-corrected chi connectivity index (χ3v) is 7.78. The summed E-state index contributed by atoms with van der Waals surface area (Å²) in [6, 6.07) is 2.27. The fourth-order valence-corrected chi connectivity index (χ4v) is 5.73. The standard InChI is InChI=1S/C27H33F2N5/c1-15(2)25-20-11-22(19-8-5-18(6-9-19)7-10-24(28)29)30-12-23(20)33-26(25)21-13-34-27(31-14-32-34)17(4)16(21)3/h11-15,18-19,24,33H,5-10H2,1-4H3. The molecular formula is C27H33F2N5. The Balaban J connectivity index is 1.50. The van der Waals surface area contributed by atoms with Crippen LogP contribution in [0, 0.1) is 19.8 Å². The first-order valence-electron chi connectivity index (χ1n) is 12.4. The van der Waals surface area contributed by atoms with Crippen LogP contribution in [-0.4, -0.2) is 31.0 Å². The van der Waals surface area contributed by atoms with Crippen LogP contribution in [0.5, 0.6) is 0 Å². The molecule has 34 heavy (non-hydrogen) atoms. The lowest BCUT2D eigenvalue weighted by atomic mass is 9.78. The van der Waals surface area contributed by atoms with E-state index in [1.165, 1.54) is 16.5 Å². The molecule has 1 aliphatic carbocycles. The molecule has 1 saturated carbocycles. The predicted molar refractivity (Wildman–Crippen MR) is 132 cm³/mol. The second kappa shape index (κ2) is 9.08. The Hall–Kier alpha value is -2.83. The summed E-state index contributed by atoms with van der Waals surface area (Å²) >= 11 is 0. The average molecular weight is 466 g/mol. The second-order valence-corrected chi connectivity index (χ2v) is 10.2. The van der Waals surface area contributed by atoms with E-state index in [1.54, 1.807) is 6.33 Å². The minimum Gasteiger partial charge on any atom is -0.353 e. The van der Waals surface area contributed by atoms with Crippen LogP contribution in [0.15, 0.2) is 24.8 Å². The lowest BCUT2D eigenvalue weighted by Crippen LogP contribution is -2.15. The molecule has 0 spiro atoms. The Bertz CT molecular complexity index is 1310. The molecule has 1 aliphatic rings. The number of alkyl halides is 2. The van der Waals surface area contributed by atoms with Crippen molar-refractivity contribution in [1.29, 1.82) is 0 Å². The number of aryl methyl sites for hydroxylation is 1. The van der Waals surface area contributed by atoms with Gasteiger partial charge in [0, 0.05) is 35.2 Å². The number of H-pyrrole nitrogens is 1. The van der Waals surface area contributed by atoms with E-state index in [1.807, 2.05) is 10.7 Å². The van der Waals surface area contributed by atoms with Crippen molar-refractivity contribution in [2.24, 2.45) is 5.92 Å². The topological polar surface area (TPSA) is 58.9 Å². The van der Waals surface area contributed by atoms with Crippen LogP contribution in [0.3, 0.4) is 0 Å². The van der Waals surface area contributed by atoms with E-state index in [-0.39, 0.29) is 6.42 Å². The van der Waals surface area contributed by atoms with Crippen molar-refractivity contribution in [3.05, 3.63) is 47.2 Å². The summed E-state index contributed by atoms with van der Waals surface area (Å²) in [4.78, 5) is 12.9. The van der Waals surface area contributed by atoms with Gasteiger partial charge in [0.25, 0.3) is 0 Å². The highest BCUT2D eigenvalue weighted by molar-refractivity contribution is 5.92. The maximum absolute atomic E-state index is 12.6. The van der Waals surface area contributed by atoms with Crippen LogP contribution in [0.25, 0.3) is 27.8 Å². The van der Waals surface area contributed by atoms with E-state index in [4.69, 9.17) is 4.98 Å². The summed E-state index contributed by atoms with van der Waals surface area (Å²) in [6.07, 6.45) is 8.22. The Kier molecular flexibility index (Phi) is 6.13. The molecule has 5 nitrogen and oxygen atoms in total. The van der Waals surface area contributed by atoms with Gasteiger partial charge in [0.05, 0.1) is 17.4 Å². The highest BCUT2D eigenvalue weighted by Gasteiger charge is 2.26. The number of nitrogens with one attached hydrogen (secondary N) is 1. The predicted octanol–water partition coefficient (Wildman–Crippen LogP) is 7.33. The molecule has 0 bridgehead atoms. The summed E-state index contributed by atoms with van der Waals surface area (Å²) in [7, 11) is 0. The molecule has 5 rings (SSSR count). The van der Waals surface area contributed by atoms with Crippen molar-refractivity contribution in [1.82, 2.24) is 24.6 Å². The summed E-state index contributed by atoms with van der Waals surface area (Å²) in [6.45, 7) is 8.70. The highest BCUT2D eigenvalue weighted by Crippen LogP contribution is 2.41. The molecule has 4 aromatic heterocycles. The van der Waals surface area contributed by atoms with Gasteiger partial charge in [-0.2, -0.15) is 5.10 Å². The third-order valence-electron chi connectivity index (χ3n) is 7.78. The van der Waals surface area contributed by atoms with Gasteiger partial charge in [0.15, 0.2) is 5.65 Å². The molecule has 0 aromatic carbocycles. The van der Waals surface area contributed by atoms with Crippen molar-refractivity contribution < 1.29 is 8.78 Å². The van der Waals surface area contributed by atoms with Crippen molar-refractivity contribution >= 4 is 16.6 Å². The van der Waals surface area contributed by atoms with Gasteiger partial charge in [-0.25, -0.2) is 18.3 Å². The summed E-state index contributed by atoms with van der Waals surface area (Å²) in [5.41, 5.74) is 8.95. The van der Waals surface area contributed by atoms with Crippen LogP contribution < -0.4 is 0 Å². The number of aromatic amines is 1. The number of hydrogen-bond donors (Lipinski definition) is 1. The largest absolute Gasteiger partial charge is 0.353 e. The second-order valence-electron chi connectivity index (χ2n) is 10.2. The van der Waals surface area contributed by atoms with Gasteiger partial charge in [-0.3, -0.25) is 4.98 Å². The minimum absolute atomic E-state index is 0.0304. The van der Waals surface area contributed by atoms with Gasteiger partial charge in [-0.15, -0.1) is 0 Å². The van der Waals surface area contributed by atoms with Crippen LogP contribution in [0.4, 0.5) is 8.78 Å². The molecule has 1 N–H and O–H groups in total. The third kappa shape index (κ3) is 4.10. The molecule has 0 amide bonds. The van der Waals surface area contributed by atoms with Gasteiger partial charge in [-0.05, 0) is 80.5 Å². The fourth-order valence-electron chi connectivity index (χ4n) is 5.73. The Labute approximate surface area is 199 Å². The number of fused-ring (bicyclic) bond motifs is 2. The maximum Gasteiger partial charge on any atom is 0.238 e. The number of pyridine rings is 2. The van der Waals surface area contributed by atoms with Gasteiger partial charge in [0.2, 0.25) is 6.43 Å². The van der Waals surface area contributed by atoms with Gasteiger partial charge in [0.1, 0.15) is 6.33 Å². The van der Waals surface area contributed by atoms with E-state index in [0.717, 1.165) is 59.4 Å². The molecule has 0 unspecified atom stereocenters. The summed E-state index contributed by atoms with van der Waals surface area (Å²) in [5, 5.41) is 5.60. The molecule has 0 radical (unpaired) electrons. The number of nitrogens with zero attached hydrogens (tertiary/aromatic N) is 4. The fraction of sp³-hybridized carbons (Fsp3) is 0.519. The zero-order chi connectivity index (χ0) is 24.0. The first-order valence-corrected chi connectivity index (χ1v) is 12.4. The number of halogens is 2. The molecule has 180 valence electrons. The maximum atomic E-state index is 12.6.